The van der Waals surface area contributed by atoms with Crippen LogP contribution in [0.2, 0.25) is 0 Å². The van der Waals surface area contributed by atoms with Crippen LogP contribution in [0.5, 0.6) is 5.75 Å². The molecule has 0 atom stereocenters. The number of anilines is 1. The molecular formula is C26H26N4O3. The number of aromatic amines is 1. The zero-order valence-corrected chi connectivity index (χ0v) is 18.3. The topological polar surface area (TPSA) is 93.5 Å². The lowest BCUT2D eigenvalue weighted by atomic mass is 10.1. The van der Waals surface area contributed by atoms with Gasteiger partial charge in [-0.05, 0) is 41.1 Å². The minimum atomic E-state index is -0.207. The maximum Gasteiger partial charge on any atom is 0.251 e. The lowest BCUT2D eigenvalue weighted by Crippen LogP contribution is -2.38. The second-order valence-electron chi connectivity index (χ2n) is 8.13. The van der Waals surface area contributed by atoms with Crippen molar-refractivity contribution in [3.05, 3.63) is 77.1 Å². The number of hydrogen-bond acceptors (Lipinski definition) is 6. The summed E-state index contributed by atoms with van der Waals surface area (Å²) in [5.74, 6) is 1.37. The molecule has 0 radical (unpaired) electrons. The maximum atomic E-state index is 12.3. The summed E-state index contributed by atoms with van der Waals surface area (Å²) in [6.45, 7) is 5.04. The van der Waals surface area contributed by atoms with E-state index in [0.29, 0.717) is 23.8 Å². The Morgan fingerprint density at radius 1 is 0.970 bits per heavy atom. The van der Waals surface area contributed by atoms with Crippen molar-refractivity contribution in [2.75, 3.05) is 45.2 Å². The molecule has 33 heavy (non-hydrogen) atoms. The van der Waals surface area contributed by atoms with Gasteiger partial charge in [-0.15, -0.1) is 0 Å². The second-order valence-corrected chi connectivity index (χ2v) is 8.13. The lowest BCUT2D eigenvalue weighted by Gasteiger charge is -2.26. The van der Waals surface area contributed by atoms with Gasteiger partial charge in [-0.1, -0.05) is 30.3 Å². The summed E-state index contributed by atoms with van der Waals surface area (Å²) in [4.78, 5) is 22.2. The smallest absolute Gasteiger partial charge is 0.251 e. The first kappa shape index (κ1) is 21.2. The predicted molar refractivity (Wildman–Crippen MR) is 130 cm³/mol. The molecule has 0 spiro atoms. The van der Waals surface area contributed by atoms with E-state index in [2.05, 4.69) is 14.9 Å². The standard InChI is InChI=1S/C26H26N4O3/c27-22-3-1-2-20(15-22)24-17-25(31)29-26(28-24)21-5-4-19-16-23(7-6-18(19)14-21)33-13-10-30-8-11-32-12-9-30/h1-7,14-17H,8-13,27H2,(H,28,29,31). The van der Waals surface area contributed by atoms with Gasteiger partial charge >= 0.3 is 0 Å². The van der Waals surface area contributed by atoms with Gasteiger partial charge in [-0.2, -0.15) is 0 Å². The molecule has 5 rings (SSSR count). The molecule has 0 aliphatic carbocycles. The Morgan fingerprint density at radius 3 is 2.64 bits per heavy atom. The summed E-state index contributed by atoms with van der Waals surface area (Å²) in [6.07, 6.45) is 0. The quantitative estimate of drug-likeness (QED) is 0.444. The number of nitrogens with two attached hydrogens (primary N) is 1. The number of fused-ring (bicyclic) bond motifs is 1. The van der Waals surface area contributed by atoms with Gasteiger partial charge in [0, 0.05) is 42.5 Å². The first-order chi connectivity index (χ1) is 16.1. The van der Waals surface area contributed by atoms with Gasteiger partial charge in [0.15, 0.2) is 0 Å². The molecular weight excluding hydrogens is 416 g/mol. The van der Waals surface area contributed by atoms with Crippen LogP contribution in [-0.2, 0) is 4.74 Å². The minimum absolute atomic E-state index is 0.207. The highest BCUT2D eigenvalue weighted by Crippen LogP contribution is 2.27. The zero-order valence-electron chi connectivity index (χ0n) is 18.3. The molecule has 0 bridgehead atoms. The van der Waals surface area contributed by atoms with Gasteiger partial charge in [0.25, 0.3) is 5.56 Å². The number of rotatable bonds is 6. The van der Waals surface area contributed by atoms with Crippen molar-refractivity contribution >= 4 is 16.5 Å². The third kappa shape index (κ3) is 5.05. The molecule has 1 fully saturated rings. The number of benzene rings is 3. The van der Waals surface area contributed by atoms with Crippen LogP contribution >= 0.6 is 0 Å². The average Bonchev–Trinajstić information content (AvgIpc) is 2.84. The van der Waals surface area contributed by atoms with Crippen molar-refractivity contribution < 1.29 is 9.47 Å². The number of nitrogens with zero attached hydrogens (tertiary/aromatic N) is 2. The summed E-state index contributed by atoms with van der Waals surface area (Å²) >= 11 is 0. The van der Waals surface area contributed by atoms with Gasteiger partial charge in [-0.25, -0.2) is 4.98 Å². The summed E-state index contributed by atoms with van der Waals surface area (Å²) in [7, 11) is 0. The molecule has 1 saturated heterocycles. The van der Waals surface area contributed by atoms with Crippen LogP contribution in [-0.4, -0.2) is 54.3 Å². The van der Waals surface area contributed by atoms with E-state index in [0.717, 1.165) is 60.5 Å². The number of morpholine rings is 1. The van der Waals surface area contributed by atoms with E-state index in [1.165, 1.54) is 6.07 Å². The van der Waals surface area contributed by atoms with Gasteiger partial charge in [0.05, 0.1) is 18.9 Å². The number of hydrogen-bond donors (Lipinski definition) is 2. The molecule has 1 aliphatic heterocycles. The normalized spacial score (nSPS) is 14.4. The molecule has 7 nitrogen and oxygen atoms in total. The molecule has 0 amide bonds. The van der Waals surface area contributed by atoms with Crippen LogP contribution < -0.4 is 16.0 Å². The first-order valence-electron chi connectivity index (χ1n) is 11.1. The van der Waals surface area contributed by atoms with Crippen molar-refractivity contribution in [2.24, 2.45) is 0 Å². The van der Waals surface area contributed by atoms with E-state index < -0.39 is 0 Å². The number of nitrogens with one attached hydrogen (secondary N) is 1. The number of aromatic nitrogens is 2. The average molecular weight is 443 g/mol. The van der Waals surface area contributed by atoms with Crippen molar-refractivity contribution in [3.63, 3.8) is 0 Å². The Bertz CT molecular complexity index is 1330. The van der Waals surface area contributed by atoms with Crippen LogP contribution in [0.25, 0.3) is 33.4 Å². The van der Waals surface area contributed by atoms with Crippen LogP contribution in [0.4, 0.5) is 5.69 Å². The van der Waals surface area contributed by atoms with Crippen molar-refractivity contribution in [1.29, 1.82) is 0 Å². The lowest BCUT2D eigenvalue weighted by molar-refractivity contribution is 0.0322. The second kappa shape index (κ2) is 9.44. The van der Waals surface area contributed by atoms with Crippen LogP contribution in [0, 0.1) is 0 Å². The number of H-pyrrole nitrogens is 1. The number of nitrogen functional groups attached to an aromatic ring is 1. The van der Waals surface area contributed by atoms with Crippen molar-refractivity contribution in [2.45, 2.75) is 0 Å². The van der Waals surface area contributed by atoms with E-state index in [1.807, 2.05) is 60.7 Å². The molecule has 0 saturated carbocycles. The first-order valence-corrected chi connectivity index (χ1v) is 11.1. The molecule has 3 aromatic carbocycles. The molecule has 0 unspecified atom stereocenters. The van der Waals surface area contributed by atoms with Crippen molar-refractivity contribution in [1.82, 2.24) is 14.9 Å². The maximum absolute atomic E-state index is 12.3. The van der Waals surface area contributed by atoms with Crippen LogP contribution in [0.3, 0.4) is 0 Å². The van der Waals surface area contributed by atoms with E-state index in [9.17, 15) is 4.79 Å². The van der Waals surface area contributed by atoms with E-state index in [-0.39, 0.29) is 5.56 Å². The van der Waals surface area contributed by atoms with Crippen molar-refractivity contribution in [3.8, 4) is 28.4 Å². The fraction of sp³-hybridized carbons (Fsp3) is 0.231. The molecule has 168 valence electrons. The van der Waals surface area contributed by atoms with Crippen LogP contribution in [0.15, 0.2) is 71.5 Å². The third-order valence-corrected chi connectivity index (χ3v) is 5.79. The SMILES string of the molecule is Nc1cccc(-c2cc(=O)[nH]c(-c3ccc4cc(OCCN5CCOCC5)ccc4c3)n2)c1. The molecule has 3 N–H and O–H groups in total. The minimum Gasteiger partial charge on any atom is -0.492 e. The Hall–Kier alpha value is -3.68. The predicted octanol–water partition coefficient (Wildman–Crippen LogP) is 3.55. The van der Waals surface area contributed by atoms with Gasteiger partial charge in [-0.3, -0.25) is 9.69 Å². The highest BCUT2D eigenvalue weighted by Gasteiger charge is 2.11. The Balaban J connectivity index is 1.35. The summed E-state index contributed by atoms with van der Waals surface area (Å²) in [5, 5.41) is 2.11. The largest absolute Gasteiger partial charge is 0.492 e. The fourth-order valence-electron chi connectivity index (χ4n) is 4.02. The van der Waals surface area contributed by atoms with E-state index in [4.69, 9.17) is 15.2 Å². The Morgan fingerprint density at radius 2 is 1.79 bits per heavy atom. The fourth-order valence-corrected chi connectivity index (χ4v) is 4.02. The summed E-state index contributed by atoms with van der Waals surface area (Å²) in [6, 6.07) is 20.9. The zero-order chi connectivity index (χ0) is 22.6. The molecule has 1 aromatic heterocycles. The molecule has 2 heterocycles. The molecule has 1 aliphatic rings. The highest BCUT2D eigenvalue weighted by molar-refractivity contribution is 5.87. The van der Waals surface area contributed by atoms with E-state index >= 15 is 0 Å². The van der Waals surface area contributed by atoms with Gasteiger partial charge in [0.1, 0.15) is 18.2 Å². The van der Waals surface area contributed by atoms with E-state index in [1.54, 1.807) is 0 Å². The van der Waals surface area contributed by atoms with Crippen LogP contribution in [0.1, 0.15) is 0 Å². The highest BCUT2D eigenvalue weighted by atomic mass is 16.5. The summed E-state index contributed by atoms with van der Waals surface area (Å²) < 4.78 is 11.4. The Labute approximate surface area is 191 Å². The third-order valence-electron chi connectivity index (χ3n) is 5.79. The number of ether oxygens (including phenoxy) is 2. The molecule has 7 heteroatoms. The monoisotopic (exact) mass is 442 g/mol. The molecule has 4 aromatic rings. The summed E-state index contributed by atoms with van der Waals surface area (Å²) in [5.41, 5.74) is 8.55. The van der Waals surface area contributed by atoms with Gasteiger partial charge < -0.3 is 20.2 Å². The van der Waals surface area contributed by atoms with Gasteiger partial charge in [0.2, 0.25) is 0 Å². The Kier molecular flexibility index (Phi) is 6.06.